The van der Waals surface area contributed by atoms with Gasteiger partial charge < -0.3 is 15.1 Å². The number of rotatable bonds is 8. The molecule has 0 unspecified atom stereocenters. The molecule has 1 rings (SSSR count). The topological polar surface area (TPSA) is 18.5 Å². The predicted octanol–water partition coefficient (Wildman–Crippen LogP) is 1.01. The third-order valence-electron chi connectivity index (χ3n) is 3.14. The van der Waals surface area contributed by atoms with Gasteiger partial charge >= 0.3 is 0 Å². The zero-order valence-corrected chi connectivity index (χ0v) is 10.5. The summed E-state index contributed by atoms with van der Waals surface area (Å²) in [5, 5.41) is 3.36. The van der Waals surface area contributed by atoms with Gasteiger partial charge in [0.25, 0.3) is 0 Å². The van der Waals surface area contributed by atoms with E-state index in [1.54, 1.807) is 0 Å². The Hall–Kier alpha value is -0.120. The largest absolute Gasteiger partial charge is 0.317 e. The third-order valence-corrected chi connectivity index (χ3v) is 3.14. The maximum atomic E-state index is 3.36. The van der Waals surface area contributed by atoms with Gasteiger partial charge in [-0.2, -0.15) is 0 Å². The van der Waals surface area contributed by atoms with E-state index in [4.69, 9.17) is 0 Å². The molecule has 3 nitrogen and oxygen atoms in total. The Balaban J connectivity index is 1.90. The molecule has 0 radical (unpaired) electrons. The summed E-state index contributed by atoms with van der Waals surface area (Å²) in [6, 6.07) is 0. The lowest BCUT2D eigenvalue weighted by atomic mass is 10.3. The summed E-state index contributed by atoms with van der Waals surface area (Å²) in [4.78, 5) is 5.04. The van der Waals surface area contributed by atoms with E-state index in [2.05, 4.69) is 29.1 Å². The van der Waals surface area contributed by atoms with E-state index in [1.165, 1.54) is 52.0 Å². The molecule has 1 aliphatic rings. The van der Waals surface area contributed by atoms with Gasteiger partial charge in [0.05, 0.1) is 0 Å². The Bertz CT molecular complexity index is 144. The lowest BCUT2D eigenvalue weighted by molar-refractivity contribution is 0.255. The Morgan fingerprint density at radius 2 is 1.93 bits per heavy atom. The van der Waals surface area contributed by atoms with Gasteiger partial charge in [0.15, 0.2) is 0 Å². The maximum Gasteiger partial charge on any atom is 0.0109 e. The van der Waals surface area contributed by atoms with Crippen LogP contribution in [0.3, 0.4) is 0 Å². The fraction of sp³-hybridized carbons (Fsp3) is 1.00. The van der Waals surface area contributed by atoms with Crippen LogP contribution in [0, 0.1) is 0 Å². The first-order chi connectivity index (χ1) is 7.33. The van der Waals surface area contributed by atoms with Crippen LogP contribution in [0.25, 0.3) is 0 Å². The van der Waals surface area contributed by atoms with Crippen molar-refractivity contribution < 1.29 is 0 Å². The molecule has 15 heavy (non-hydrogen) atoms. The summed E-state index contributed by atoms with van der Waals surface area (Å²) in [7, 11) is 2.24. The Morgan fingerprint density at radius 1 is 1.20 bits per heavy atom. The van der Waals surface area contributed by atoms with E-state index in [0.29, 0.717) is 0 Å². The molecule has 1 N–H and O–H groups in total. The smallest absolute Gasteiger partial charge is 0.0109 e. The van der Waals surface area contributed by atoms with E-state index in [-0.39, 0.29) is 0 Å². The average molecular weight is 213 g/mol. The molecule has 90 valence electrons. The molecule has 0 saturated carbocycles. The molecule has 1 heterocycles. The molecule has 0 aromatic carbocycles. The molecule has 1 saturated heterocycles. The van der Waals surface area contributed by atoms with Gasteiger partial charge in [-0.15, -0.1) is 0 Å². The maximum absolute atomic E-state index is 3.36. The van der Waals surface area contributed by atoms with Crippen molar-refractivity contribution >= 4 is 0 Å². The van der Waals surface area contributed by atoms with Crippen LogP contribution in [-0.4, -0.2) is 62.7 Å². The molecule has 0 amide bonds. The van der Waals surface area contributed by atoms with Crippen LogP contribution in [0.4, 0.5) is 0 Å². The van der Waals surface area contributed by atoms with Crippen molar-refractivity contribution in [2.75, 3.05) is 52.9 Å². The van der Waals surface area contributed by atoms with Crippen molar-refractivity contribution in [2.45, 2.75) is 26.2 Å². The van der Waals surface area contributed by atoms with Crippen molar-refractivity contribution in [1.29, 1.82) is 0 Å². The lowest BCUT2D eigenvalue weighted by Gasteiger charge is -2.21. The van der Waals surface area contributed by atoms with Crippen LogP contribution in [0.5, 0.6) is 0 Å². The zero-order chi connectivity index (χ0) is 10.9. The molecule has 0 aromatic heterocycles. The second-order valence-electron chi connectivity index (χ2n) is 4.56. The molecular formula is C12H27N3. The second-order valence-corrected chi connectivity index (χ2v) is 4.56. The van der Waals surface area contributed by atoms with E-state index < -0.39 is 0 Å². The highest BCUT2D eigenvalue weighted by molar-refractivity contribution is 4.67. The number of hydrogen-bond donors (Lipinski definition) is 1. The van der Waals surface area contributed by atoms with Crippen LogP contribution in [0.2, 0.25) is 0 Å². The van der Waals surface area contributed by atoms with E-state index in [0.717, 1.165) is 13.1 Å². The Morgan fingerprint density at radius 3 is 2.60 bits per heavy atom. The van der Waals surface area contributed by atoms with Gasteiger partial charge in [-0.25, -0.2) is 0 Å². The van der Waals surface area contributed by atoms with Crippen LogP contribution in [0.1, 0.15) is 26.2 Å². The minimum absolute atomic E-state index is 1.09. The first-order valence-corrected chi connectivity index (χ1v) is 6.44. The molecule has 0 atom stereocenters. The van der Waals surface area contributed by atoms with Crippen molar-refractivity contribution in [2.24, 2.45) is 0 Å². The number of nitrogens with zero attached hydrogens (tertiary/aromatic N) is 2. The third kappa shape index (κ3) is 6.13. The van der Waals surface area contributed by atoms with Crippen molar-refractivity contribution in [3.63, 3.8) is 0 Å². The molecule has 0 aliphatic carbocycles. The quantitative estimate of drug-likeness (QED) is 0.607. The molecule has 0 aromatic rings. The van der Waals surface area contributed by atoms with Gasteiger partial charge in [0.2, 0.25) is 0 Å². The highest BCUT2D eigenvalue weighted by Crippen LogP contribution is 2.06. The average Bonchev–Trinajstić information content (AvgIpc) is 2.74. The normalized spacial score (nSPS) is 17.8. The van der Waals surface area contributed by atoms with E-state index in [9.17, 15) is 0 Å². The minimum Gasteiger partial charge on any atom is -0.317 e. The fourth-order valence-corrected chi connectivity index (χ4v) is 2.08. The van der Waals surface area contributed by atoms with E-state index in [1.807, 2.05) is 0 Å². The van der Waals surface area contributed by atoms with Gasteiger partial charge in [0, 0.05) is 13.1 Å². The Labute approximate surface area is 94.8 Å². The fourth-order valence-electron chi connectivity index (χ4n) is 2.08. The van der Waals surface area contributed by atoms with Crippen LogP contribution in [0.15, 0.2) is 0 Å². The number of hydrogen-bond acceptors (Lipinski definition) is 3. The lowest BCUT2D eigenvalue weighted by Crippen LogP contribution is -2.32. The highest BCUT2D eigenvalue weighted by atomic mass is 15.2. The number of nitrogens with one attached hydrogen (secondary N) is 1. The first-order valence-electron chi connectivity index (χ1n) is 6.44. The van der Waals surface area contributed by atoms with Crippen LogP contribution >= 0.6 is 0 Å². The number of likely N-dealkylation sites (tertiary alicyclic amines) is 1. The first kappa shape index (κ1) is 12.9. The summed E-state index contributed by atoms with van der Waals surface area (Å²) >= 11 is 0. The van der Waals surface area contributed by atoms with Gasteiger partial charge in [0.1, 0.15) is 0 Å². The van der Waals surface area contributed by atoms with Crippen molar-refractivity contribution in [1.82, 2.24) is 15.1 Å². The van der Waals surface area contributed by atoms with Gasteiger partial charge in [-0.1, -0.05) is 6.92 Å². The molecule has 1 fully saturated rings. The second kappa shape index (κ2) is 8.08. The monoisotopic (exact) mass is 213 g/mol. The molecule has 3 heteroatoms. The summed E-state index contributed by atoms with van der Waals surface area (Å²) in [6.45, 7) is 10.8. The van der Waals surface area contributed by atoms with E-state index >= 15 is 0 Å². The summed E-state index contributed by atoms with van der Waals surface area (Å²) < 4.78 is 0. The van der Waals surface area contributed by atoms with Gasteiger partial charge in [-0.05, 0) is 59.0 Å². The summed E-state index contributed by atoms with van der Waals surface area (Å²) in [5.41, 5.74) is 0. The van der Waals surface area contributed by atoms with Crippen LogP contribution < -0.4 is 5.32 Å². The highest BCUT2D eigenvalue weighted by Gasteiger charge is 2.11. The summed E-state index contributed by atoms with van der Waals surface area (Å²) in [6.07, 6.45) is 4.08. The van der Waals surface area contributed by atoms with Crippen molar-refractivity contribution in [3.05, 3.63) is 0 Å². The van der Waals surface area contributed by atoms with Crippen molar-refractivity contribution in [3.8, 4) is 0 Å². The molecule has 0 bridgehead atoms. The summed E-state index contributed by atoms with van der Waals surface area (Å²) in [5.74, 6) is 0. The number of likely N-dealkylation sites (N-methyl/N-ethyl adjacent to an activating group) is 1. The Kier molecular flexibility index (Phi) is 6.98. The molecule has 1 aliphatic heterocycles. The standard InChI is InChI=1S/C12H27N3/c1-3-13-7-6-8-14(2)11-12-15-9-4-5-10-15/h13H,3-12H2,1-2H3. The predicted molar refractivity (Wildman–Crippen MR) is 66.3 cm³/mol. The van der Waals surface area contributed by atoms with Gasteiger partial charge in [-0.3, -0.25) is 0 Å². The molecular weight excluding hydrogens is 186 g/mol. The zero-order valence-electron chi connectivity index (χ0n) is 10.5. The molecule has 0 spiro atoms. The van der Waals surface area contributed by atoms with Crippen LogP contribution in [-0.2, 0) is 0 Å². The SMILES string of the molecule is CCNCCCN(C)CCN1CCCC1. The minimum atomic E-state index is 1.09.